The fourth-order valence-electron chi connectivity index (χ4n) is 3.28. The van der Waals surface area contributed by atoms with E-state index in [0.29, 0.717) is 25.2 Å². The highest BCUT2D eigenvalue weighted by Gasteiger charge is 2.23. The van der Waals surface area contributed by atoms with Crippen LogP contribution in [-0.2, 0) is 14.4 Å². The van der Waals surface area contributed by atoms with Crippen LogP contribution in [0.15, 0.2) is 36.1 Å². The van der Waals surface area contributed by atoms with Crippen molar-refractivity contribution in [1.29, 1.82) is 0 Å². The van der Waals surface area contributed by atoms with Crippen molar-refractivity contribution in [2.75, 3.05) is 37.8 Å². The van der Waals surface area contributed by atoms with Gasteiger partial charge in [-0.25, -0.2) is 4.79 Å². The number of hydroxylamine groups is 1. The zero-order chi connectivity index (χ0) is 23.6. The third kappa shape index (κ3) is 7.18. The summed E-state index contributed by atoms with van der Waals surface area (Å²) in [6, 6.07) is 0.994. The van der Waals surface area contributed by atoms with Gasteiger partial charge in [0, 0.05) is 36.2 Å². The maximum atomic E-state index is 12.6. The first-order valence-electron chi connectivity index (χ1n) is 10.7. The molecule has 8 nitrogen and oxygen atoms in total. The minimum Gasteiger partial charge on any atom is -0.507 e. The summed E-state index contributed by atoms with van der Waals surface area (Å²) in [5.41, 5.74) is 3.00. The number of rotatable bonds is 4. The molecule has 3 rings (SSSR count). The van der Waals surface area contributed by atoms with Crippen molar-refractivity contribution < 1.29 is 29.4 Å². The van der Waals surface area contributed by atoms with Crippen molar-refractivity contribution in [1.82, 2.24) is 10.4 Å². The average Bonchev–Trinajstić information content (AvgIpc) is 2.80. The molecule has 1 saturated heterocycles. The van der Waals surface area contributed by atoms with Crippen LogP contribution in [0.3, 0.4) is 0 Å². The second-order valence-electron chi connectivity index (χ2n) is 7.38. The number of nitrogens with one attached hydrogen (secondary N) is 1. The van der Waals surface area contributed by atoms with Gasteiger partial charge in [0.1, 0.15) is 17.1 Å². The number of amides is 1. The van der Waals surface area contributed by atoms with Crippen molar-refractivity contribution in [3.63, 3.8) is 0 Å². The molecule has 0 aliphatic carbocycles. The van der Waals surface area contributed by atoms with Crippen LogP contribution in [0.25, 0.3) is 6.08 Å². The predicted molar refractivity (Wildman–Crippen MR) is 128 cm³/mol. The van der Waals surface area contributed by atoms with Gasteiger partial charge in [0.25, 0.3) is 5.91 Å². The van der Waals surface area contributed by atoms with Gasteiger partial charge in [-0.3, -0.25) is 15.1 Å². The fraction of sp³-hybridized carbons (Fsp3) is 0.391. The minimum absolute atomic E-state index is 0.0712. The standard InChI is InChI=1S/C23H27ClN2O6S/c24-22-17-13-16(25-32-15-20(29)26-8-11-33-12-9-26)7-5-3-1-2-4-6-10-31-23(30)21(17)18(27)14-19(22)28/h2,4-5,7,13-14,25,27-28H,1,3,6,8-12,15H2/b4-2?,7-5?,16-13-. The van der Waals surface area contributed by atoms with E-state index < -0.39 is 11.7 Å². The number of hydrogen-bond acceptors (Lipinski definition) is 8. The first-order valence-corrected chi connectivity index (χ1v) is 12.2. The molecule has 1 aromatic carbocycles. The van der Waals surface area contributed by atoms with E-state index in [0.717, 1.165) is 30.4 Å². The van der Waals surface area contributed by atoms with Crippen molar-refractivity contribution in [3.05, 3.63) is 52.2 Å². The van der Waals surface area contributed by atoms with Gasteiger partial charge < -0.3 is 19.8 Å². The number of carbonyl (C=O) groups is 2. The molecular weight excluding hydrogens is 468 g/mol. The summed E-state index contributed by atoms with van der Waals surface area (Å²) in [6.07, 6.45) is 11.1. The summed E-state index contributed by atoms with van der Waals surface area (Å²) in [6.45, 7) is 1.34. The maximum absolute atomic E-state index is 12.6. The predicted octanol–water partition coefficient (Wildman–Crippen LogP) is 3.64. The molecule has 0 atom stereocenters. The molecule has 0 unspecified atom stereocenters. The number of fused-ring (bicyclic) bond motifs is 1. The van der Waals surface area contributed by atoms with Gasteiger partial charge in [0.15, 0.2) is 6.61 Å². The van der Waals surface area contributed by atoms with E-state index in [-0.39, 0.29) is 41.0 Å². The van der Waals surface area contributed by atoms with Crippen LogP contribution in [0.4, 0.5) is 0 Å². The summed E-state index contributed by atoms with van der Waals surface area (Å²) < 4.78 is 5.26. The lowest BCUT2D eigenvalue weighted by molar-refractivity contribution is -0.137. The number of phenols is 2. The van der Waals surface area contributed by atoms with Crippen LogP contribution >= 0.6 is 23.4 Å². The maximum Gasteiger partial charge on any atom is 0.342 e. The Hall–Kier alpha value is -2.62. The number of esters is 1. The fourth-order valence-corrected chi connectivity index (χ4v) is 4.39. The van der Waals surface area contributed by atoms with Crippen LogP contribution in [0.5, 0.6) is 11.5 Å². The van der Waals surface area contributed by atoms with E-state index in [1.807, 2.05) is 30.0 Å². The lowest BCUT2D eigenvalue weighted by Gasteiger charge is -2.26. The highest BCUT2D eigenvalue weighted by Crippen LogP contribution is 2.38. The second kappa shape index (κ2) is 12.6. The molecular formula is C23H27ClN2O6S. The first kappa shape index (κ1) is 25.0. The summed E-state index contributed by atoms with van der Waals surface area (Å²) >= 11 is 8.08. The van der Waals surface area contributed by atoms with Crippen LogP contribution in [-0.4, -0.2) is 64.8 Å². The van der Waals surface area contributed by atoms with Gasteiger partial charge in [-0.2, -0.15) is 11.8 Å². The molecule has 178 valence electrons. The molecule has 1 fully saturated rings. The number of carbonyl (C=O) groups excluding carboxylic acids is 2. The van der Waals surface area contributed by atoms with Crippen molar-refractivity contribution in [2.24, 2.45) is 0 Å². The number of allylic oxidation sites excluding steroid dienone is 3. The van der Waals surface area contributed by atoms with E-state index >= 15 is 0 Å². The lowest BCUT2D eigenvalue weighted by atomic mass is 10.0. The molecule has 10 heteroatoms. The molecule has 1 amide bonds. The molecule has 0 aromatic heterocycles. The molecule has 0 bridgehead atoms. The van der Waals surface area contributed by atoms with Gasteiger partial charge in [0.05, 0.1) is 17.3 Å². The molecule has 0 spiro atoms. The molecule has 2 heterocycles. The third-order valence-electron chi connectivity index (χ3n) is 5.00. The number of hydrogen-bond donors (Lipinski definition) is 3. The highest BCUT2D eigenvalue weighted by atomic mass is 35.5. The molecule has 33 heavy (non-hydrogen) atoms. The van der Waals surface area contributed by atoms with Crippen molar-refractivity contribution in [3.8, 4) is 11.5 Å². The number of aromatic hydroxyl groups is 2. The summed E-state index contributed by atoms with van der Waals surface area (Å²) in [5, 5.41) is 20.3. The summed E-state index contributed by atoms with van der Waals surface area (Å²) in [5.74, 6) is 0.0607. The van der Waals surface area contributed by atoms with E-state index in [2.05, 4.69) is 5.48 Å². The Labute approximate surface area is 201 Å². The van der Waals surface area contributed by atoms with Gasteiger partial charge in [0.2, 0.25) is 0 Å². The molecule has 1 aromatic rings. The average molecular weight is 495 g/mol. The van der Waals surface area contributed by atoms with E-state index in [1.165, 1.54) is 6.08 Å². The Morgan fingerprint density at radius 2 is 1.88 bits per heavy atom. The quantitative estimate of drug-likeness (QED) is 0.331. The van der Waals surface area contributed by atoms with Crippen LogP contribution in [0, 0.1) is 0 Å². The lowest BCUT2D eigenvalue weighted by Crippen LogP contribution is -2.40. The highest BCUT2D eigenvalue weighted by molar-refractivity contribution is 7.99. The Morgan fingerprint density at radius 3 is 2.67 bits per heavy atom. The molecule has 0 saturated carbocycles. The first-order chi connectivity index (χ1) is 16.0. The normalized spacial score (nSPS) is 19.1. The Balaban J connectivity index is 1.86. The third-order valence-corrected chi connectivity index (χ3v) is 6.34. The van der Waals surface area contributed by atoms with Gasteiger partial charge in [-0.05, 0) is 31.4 Å². The van der Waals surface area contributed by atoms with Gasteiger partial charge in [-0.15, -0.1) is 0 Å². The smallest absolute Gasteiger partial charge is 0.342 e. The van der Waals surface area contributed by atoms with Crippen LogP contribution < -0.4 is 5.48 Å². The number of phenolic OH excluding ortho intramolecular Hbond substituents is 2. The number of nitrogens with zero attached hydrogens (tertiary/aromatic N) is 1. The minimum atomic E-state index is -0.770. The molecule has 2 aliphatic rings. The summed E-state index contributed by atoms with van der Waals surface area (Å²) in [7, 11) is 0. The van der Waals surface area contributed by atoms with Crippen LogP contribution in [0.2, 0.25) is 5.02 Å². The van der Waals surface area contributed by atoms with Crippen molar-refractivity contribution in [2.45, 2.75) is 19.3 Å². The van der Waals surface area contributed by atoms with Gasteiger partial charge in [-0.1, -0.05) is 29.8 Å². The topological polar surface area (TPSA) is 108 Å². The number of benzene rings is 1. The SMILES string of the molecule is O=C1OCCC=CCCC=C/C(NOCC(=O)N2CCSCC2)=C/c2c(Cl)c(O)cc(O)c21. The summed E-state index contributed by atoms with van der Waals surface area (Å²) in [4.78, 5) is 32.2. The van der Waals surface area contributed by atoms with Crippen molar-refractivity contribution >= 4 is 41.3 Å². The zero-order valence-corrected chi connectivity index (χ0v) is 19.7. The van der Waals surface area contributed by atoms with Gasteiger partial charge >= 0.3 is 5.97 Å². The Kier molecular flexibility index (Phi) is 9.53. The van der Waals surface area contributed by atoms with E-state index in [1.54, 1.807) is 11.0 Å². The van der Waals surface area contributed by atoms with E-state index in [4.69, 9.17) is 21.2 Å². The number of ether oxygens (including phenoxy) is 1. The number of halogens is 1. The Bertz CT molecular complexity index is 957. The zero-order valence-electron chi connectivity index (χ0n) is 18.1. The number of cyclic esters (lactones) is 1. The second-order valence-corrected chi connectivity index (χ2v) is 8.98. The molecule has 0 radical (unpaired) electrons. The number of thioether (sulfide) groups is 1. The molecule has 3 N–H and O–H groups in total. The molecule has 2 aliphatic heterocycles. The monoisotopic (exact) mass is 494 g/mol. The van der Waals surface area contributed by atoms with Crippen LogP contribution in [0.1, 0.15) is 35.2 Å². The Morgan fingerprint density at radius 1 is 1.15 bits per heavy atom. The van der Waals surface area contributed by atoms with E-state index in [9.17, 15) is 19.8 Å². The largest absolute Gasteiger partial charge is 0.507 e.